The summed E-state index contributed by atoms with van der Waals surface area (Å²) >= 11 is 0. The number of hydrogen-bond donors (Lipinski definition) is 3. The largest absolute Gasteiger partial charge is 0.394 e. The normalized spacial score (nSPS) is 12.9. The van der Waals surface area contributed by atoms with Gasteiger partial charge in [0.25, 0.3) is 0 Å². The molecule has 0 radical (unpaired) electrons. The minimum atomic E-state index is -0.970. The minimum absolute atomic E-state index is 0.302. The van der Waals surface area contributed by atoms with Gasteiger partial charge in [0, 0.05) is 22.7 Å². The molecule has 0 aliphatic rings. The molecule has 0 saturated carbocycles. The highest BCUT2D eigenvalue weighted by molar-refractivity contribution is 6.10. The van der Waals surface area contributed by atoms with Crippen molar-refractivity contribution in [1.82, 2.24) is 4.98 Å². The van der Waals surface area contributed by atoms with Crippen LogP contribution in [0.4, 0.5) is 4.39 Å². The Kier molecular flexibility index (Phi) is 2.72. The van der Waals surface area contributed by atoms with Crippen molar-refractivity contribution in [1.29, 1.82) is 0 Å². The topological polar surface area (TPSA) is 79.1 Å². The molecule has 0 aliphatic carbocycles. The van der Waals surface area contributed by atoms with E-state index in [0.29, 0.717) is 16.5 Å². The highest BCUT2D eigenvalue weighted by Crippen LogP contribution is 2.20. The van der Waals surface area contributed by atoms with Crippen LogP contribution in [-0.2, 0) is 0 Å². The molecule has 0 spiro atoms. The molecule has 0 bridgehead atoms. The number of aliphatic hydroxyl groups excluding tert-OH is 1. The second-order valence-electron chi connectivity index (χ2n) is 3.55. The van der Waals surface area contributed by atoms with E-state index < -0.39 is 24.2 Å². The van der Waals surface area contributed by atoms with Crippen LogP contribution in [-0.4, -0.2) is 28.5 Å². The molecule has 1 heterocycles. The number of aromatic nitrogens is 1. The maximum absolute atomic E-state index is 13.0. The molecule has 0 amide bonds. The van der Waals surface area contributed by atoms with Gasteiger partial charge in [-0.05, 0) is 18.2 Å². The van der Waals surface area contributed by atoms with E-state index in [2.05, 4.69) is 4.98 Å². The van der Waals surface area contributed by atoms with Crippen molar-refractivity contribution in [2.75, 3.05) is 6.61 Å². The van der Waals surface area contributed by atoms with E-state index in [1.165, 1.54) is 18.3 Å². The van der Waals surface area contributed by atoms with E-state index in [4.69, 9.17) is 10.8 Å². The lowest BCUT2D eigenvalue weighted by molar-refractivity contribution is 0.0927. The Bertz CT molecular complexity index is 536. The predicted molar refractivity (Wildman–Crippen MR) is 57.6 cm³/mol. The van der Waals surface area contributed by atoms with Gasteiger partial charge >= 0.3 is 0 Å². The first-order valence-corrected chi connectivity index (χ1v) is 4.80. The molecule has 0 saturated heterocycles. The molecule has 1 atom stereocenters. The first-order valence-electron chi connectivity index (χ1n) is 4.80. The van der Waals surface area contributed by atoms with Crippen molar-refractivity contribution in [2.24, 2.45) is 5.73 Å². The van der Waals surface area contributed by atoms with Crippen molar-refractivity contribution in [3.8, 4) is 0 Å². The maximum Gasteiger partial charge on any atom is 0.184 e. The lowest BCUT2D eigenvalue weighted by atomic mass is 10.0. The highest BCUT2D eigenvalue weighted by atomic mass is 19.1. The van der Waals surface area contributed by atoms with Crippen molar-refractivity contribution in [3.05, 3.63) is 35.8 Å². The van der Waals surface area contributed by atoms with Gasteiger partial charge in [-0.15, -0.1) is 0 Å². The summed E-state index contributed by atoms with van der Waals surface area (Å²) in [5, 5.41) is 9.28. The van der Waals surface area contributed by atoms with E-state index in [0.717, 1.165) is 0 Å². The SMILES string of the molecule is NC(CO)C(=O)c1c[nH]c2ccc(F)cc12. The minimum Gasteiger partial charge on any atom is -0.394 e. The molecular formula is C11H11FN2O2. The summed E-state index contributed by atoms with van der Waals surface area (Å²) in [4.78, 5) is 14.6. The number of nitrogens with one attached hydrogen (secondary N) is 1. The van der Waals surface area contributed by atoms with Gasteiger partial charge in [-0.1, -0.05) is 0 Å². The third kappa shape index (κ3) is 1.70. The maximum atomic E-state index is 13.0. The number of halogens is 1. The predicted octanol–water partition coefficient (Wildman–Crippen LogP) is 0.809. The van der Waals surface area contributed by atoms with Gasteiger partial charge in [-0.2, -0.15) is 0 Å². The molecule has 84 valence electrons. The zero-order chi connectivity index (χ0) is 11.7. The molecule has 0 fully saturated rings. The first-order chi connectivity index (χ1) is 7.63. The average Bonchev–Trinajstić information content (AvgIpc) is 2.69. The Balaban J connectivity index is 2.53. The van der Waals surface area contributed by atoms with Gasteiger partial charge < -0.3 is 15.8 Å². The van der Waals surface area contributed by atoms with Crippen LogP contribution in [0.3, 0.4) is 0 Å². The number of hydrogen-bond acceptors (Lipinski definition) is 3. The van der Waals surface area contributed by atoms with Crippen LogP contribution in [0.1, 0.15) is 10.4 Å². The number of carbonyl (C=O) groups is 1. The monoisotopic (exact) mass is 222 g/mol. The van der Waals surface area contributed by atoms with Crippen LogP contribution >= 0.6 is 0 Å². The number of aliphatic hydroxyl groups is 1. The fourth-order valence-corrected chi connectivity index (χ4v) is 1.58. The average molecular weight is 222 g/mol. The fourth-order valence-electron chi connectivity index (χ4n) is 1.58. The van der Waals surface area contributed by atoms with Crippen molar-refractivity contribution < 1.29 is 14.3 Å². The van der Waals surface area contributed by atoms with Crippen LogP contribution < -0.4 is 5.73 Å². The molecule has 4 N–H and O–H groups in total. The number of carbonyl (C=O) groups excluding carboxylic acids is 1. The smallest absolute Gasteiger partial charge is 0.184 e. The Morgan fingerprint density at radius 1 is 1.56 bits per heavy atom. The number of nitrogens with two attached hydrogens (primary N) is 1. The Hall–Kier alpha value is -1.72. The zero-order valence-corrected chi connectivity index (χ0v) is 8.40. The van der Waals surface area contributed by atoms with Gasteiger partial charge in [-0.3, -0.25) is 4.79 Å². The van der Waals surface area contributed by atoms with Crippen molar-refractivity contribution >= 4 is 16.7 Å². The summed E-state index contributed by atoms with van der Waals surface area (Å²) in [6, 6.07) is 3.15. The quantitative estimate of drug-likeness (QED) is 0.672. The molecule has 5 heteroatoms. The summed E-state index contributed by atoms with van der Waals surface area (Å²) in [7, 11) is 0. The van der Waals surface area contributed by atoms with Crippen LogP contribution in [0.15, 0.2) is 24.4 Å². The lowest BCUT2D eigenvalue weighted by Gasteiger charge is -2.05. The molecule has 4 nitrogen and oxygen atoms in total. The Morgan fingerprint density at radius 2 is 2.31 bits per heavy atom. The lowest BCUT2D eigenvalue weighted by Crippen LogP contribution is -2.33. The van der Waals surface area contributed by atoms with E-state index in [1.807, 2.05) is 0 Å². The molecule has 1 aromatic carbocycles. The van der Waals surface area contributed by atoms with Crippen LogP contribution in [0.25, 0.3) is 10.9 Å². The molecule has 2 rings (SSSR count). The number of rotatable bonds is 3. The summed E-state index contributed by atoms with van der Waals surface area (Å²) in [6.07, 6.45) is 1.47. The van der Waals surface area contributed by atoms with Crippen molar-refractivity contribution in [3.63, 3.8) is 0 Å². The standard InChI is InChI=1S/C11H11FN2O2/c12-6-1-2-10-7(3-6)8(4-14-10)11(16)9(13)5-15/h1-4,9,14-15H,5,13H2. The van der Waals surface area contributed by atoms with E-state index in [1.54, 1.807) is 6.07 Å². The van der Waals surface area contributed by atoms with E-state index >= 15 is 0 Å². The van der Waals surface area contributed by atoms with E-state index in [-0.39, 0.29) is 0 Å². The summed E-state index contributed by atoms with van der Waals surface area (Å²) < 4.78 is 13.0. The third-order valence-corrected chi connectivity index (χ3v) is 2.44. The second-order valence-corrected chi connectivity index (χ2v) is 3.55. The number of Topliss-reactive ketones (excluding diaryl/α,β-unsaturated/α-hetero) is 1. The highest BCUT2D eigenvalue weighted by Gasteiger charge is 2.18. The molecule has 1 unspecified atom stereocenters. The number of aromatic amines is 1. The number of ketones is 1. The number of H-pyrrole nitrogens is 1. The molecule has 2 aromatic rings. The second kappa shape index (κ2) is 4.03. The van der Waals surface area contributed by atoms with Crippen LogP contribution in [0.5, 0.6) is 0 Å². The first kappa shape index (κ1) is 10.8. The Labute approximate surface area is 90.9 Å². The molecule has 16 heavy (non-hydrogen) atoms. The Morgan fingerprint density at radius 3 is 3.00 bits per heavy atom. The van der Waals surface area contributed by atoms with E-state index in [9.17, 15) is 9.18 Å². The third-order valence-electron chi connectivity index (χ3n) is 2.44. The fraction of sp³-hybridized carbons (Fsp3) is 0.182. The summed E-state index contributed by atoms with van der Waals surface area (Å²) in [6.45, 7) is -0.430. The summed E-state index contributed by atoms with van der Waals surface area (Å²) in [5.41, 5.74) is 6.39. The molecular weight excluding hydrogens is 211 g/mol. The van der Waals surface area contributed by atoms with Gasteiger partial charge in [-0.25, -0.2) is 4.39 Å². The van der Waals surface area contributed by atoms with Crippen molar-refractivity contribution in [2.45, 2.75) is 6.04 Å². The zero-order valence-electron chi connectivity index (χ0n) is 8.40. The number of fused-ring (bicyclic) bond motifs is 1. The molecule has 1 aromatic heterocycles. The van der Waals surface area contributed by atoms with Gasteiger partial charge in [0.05, 0.1) is 12.6 Å². The van der Waals surface area contributed by atoms with Crippen LogP contribution in [0.2, 0.25) is 0 Å². The summed E-state index contributed by atoms with van der Waals surface area (Å²) in [5.74, 6) is -0.821. The van der Waals surface area contributed by atoms with Gasteiger partial charge in [0.2, 0.25) is 0 Å². The molecule has 0 aliphatic heterocycles. The number of benzene rings is 1. The van der Waals surface area contributed by atoms with Gasteiger partial charge in [0.1, 0.15) is 5.82 Å². The van der Waals surface area contributed by atoms with Crippen LogP contribution in [0, 0.1) is 5.82 Å². The van der Waals surface area contributed by atoms with Gasteiger partial charge in [0.15, 0.2) is 5.78 Å².